The molecule has 0 radical (unpaired) electrons. The average molecular weight is 476 g/mol. The summed E-state index contributed by atoms with van der Waals surface area (Å²) in [6.45, 7) is 9.00. The largest absolute Gasteiger partial charge is 0.478 e. The third-order valence-corrected chi connectivity index (χ3v) is 6.33. The minimum atomic E-state index is 0.291. The number of hydrogen-bond acceptors (Lipinski definition) is 9. The molecule has 2 aliphatic rings. The van der Waals surface area contributed by atoms with Crippen molar-refractivity contribution in [3.05, 3.63) is 47.8 Å². The molecule has 0 saturated carbocycles. The van der Waals surface area contributed by atoms with Crippen LogP contribution in [0.25, 0.3) is 11.4 Å². The van der Waals surface area contributed by atoms with E-state index in [0.717, 1.165) is 80.7 Å². The van der Waals surface area contributed by atoms with Crippen LogP contribution in [0.4, 0.5) is 17.5 Å². The maximum atomic E-state index is 5.69. The summed E-state index contributed by atoms with van der Waals surface area (Å²) in [4.78, 5) is 21.1. The summed E-state index contributed by atoms with van der Waals surface area (Å²) in [6, 6.07) is 10.1. The van der Waals surface area contributed by atoms with Gasteiger partial charge in [0.2, 0.25) is 11.8 Å². The Balaban J connectivity index is 1.36. The number of fused-ring (bicyclic) bond motifs is 1. The number of aromatic nitrogens is 4. The Morgan fingerprint density at radius 2 is 2.06 bits per heavy atom. The summed E-state index contributed by atoms with van der Waals surface area (Å²) in [7, 11) is 0. The first-order valence-corrected chi connectivity index (χ1v) is 12.5. The number of rotatable bonds is 8. The molecule has 0 unspecified atom stereocenters. The van der Waals surface area contributed by atoms with Crippen molar-refractivity contribution >= 4 is 17.5 Å². The van der Waals surface area contributed by atoms with Crippen LogP contribution in [0.5, 0.6) is 5.88 Å². The van der Waals surface area contributed by atoms with Gasteiger partial charge in [0.05, 0.1) is 31.6 Å². The van der Waals surface area contributed by atoms with Crippen LogP contribution >= 0.6 is 0 Å². The molecule has 0 spiro atoms. The van der Waals surface area contributed by atoms with E-state index in [4.69, 9.17) is 19.4 Å². The van der Waals surface area contributed by atoms with Crippen LogP contribution in [0.1, 0.15) is 37.9 Å². The lowest BCUT2D eigenvalue weighted by molar-refractivity contribution is 0.0984. The maximum absolute atomic E-state index is 5.69. The van der Waals surface area contributed by atoms with Crippen LogP contribution in [0.15, 0.2) is 36.5 Å². The minimum Gasteiger partial charge on any atom is -0.478 e. The van der Waals surface area contributed by atoms with E-state index in [0.29, 0.717) is 24.5 Å². The number of morpholine rings is 1. The third-order valence-electron chi connectivity index (χ3n) is 6.33. The van der Waals surface area contributed by atoms with Crippen molar-refractivity contribution in [3.8, 4) is 17.3 Å². The second-order valence-corrected chi connectivity index (χ2v) is 8.96. The smallest absolute Gasteiger partial charge is 0.230 e. The average Bonchev–Trinajstić information content (AvgIpc) is 2.89. The van der Waals surface area contributed by atoms with Crippen LogP contribution < -0.4 is 20.3 Å². The standard InChI is InChI=1S/C26H33N7O2/c1-3-4-14-35-23-10-12-28-26(31-23)29-20-7-5-19(6-8-20)24-30-22-16-27-11-9-21(22)25(32-24)33-13-15-34-17-18(33)2/h5-8,10,12,18,27H,3-4,9,11,13-17H2,1-2H3,(H,28,29,31)/t18-/m0/s1. The van der Waals surface area contributed by atoms with Gasteiger partial charge in [0.25, 0.3) is 0 Å². The van der Waals surface area contributed by atoms with Crippen LogP contribution in [-0.2, 0) is 17.7 Å². The molecule has 1 aromatic carbocycles. The highest BCUT2D eigenvalue weighted by molar-refractivity contribution is 5.65. The monoisotopic (exact) mass is 475 g/mol. The van der Waals surface area contributed by atoms with Gasteiger partial charge in [-0.1, -0.05) is 13.3 Å². The SMILES string of the molecule is CCCCOc1ccnc(Nc2ccc(-c3nc4c(c(N5CCOC[C@@H]5C)n3)CCNC4)cc2)n1. The summed E-state index contributed by atoms with van der Waals surface area (Å²) in [5.74, 6) is 2.88. The van der Waals surface area contributed by atoms with Gasteiger partial charge in [-0.3, -0.25) is 0 Å². The molecule has 2 N–H and O–H groups in total. The van der Waals surface area contributed by atoms with Gasteiger partial charge in [0.1, 0.15) is 5.82 Å². The fraction of sp³-hybridized carbons (Fsp3) is 0.462. The quantitative estimate of drug-likeness (QED) is 0.472. The molecular formula is C26H33N7O2. The zero-order valence-corrected chi connectivity index (χ0v) is 20.5. The molecular weight excluding hydrogens is 442 g/mol. The van der Waals surface area contributed by atoms with Crippen molar-refractivity contribution in [2.75, 3.05) is 43.1 Å². The number of nitrogens with zero attached hydrogens (tertiary/aromatic N) is 5. The lowest BCUT2D eigenvalue weighted by atomic mass is 10.0. The molecule has 3 aromatic rings. The number of benzene rings is 1. The second kappa shape index (κ2) is 11.0. The van der Waals surface area contributed by atoms with Gasteiger partial charge in [0.15, 0.2) is 5.82 Å². The molecule has 1 saturated heterocycles. The Morgan fingerprint density at radius 3 is 2.89 bits per heavy atom. The Kier molecular flexibility index (Phi) is 7.34. The highest BCUT2D eigenvalue weighted by atomic mass is 16.5. The predicted octanol–water partition coefficient (Wildman–Crippen LogP) is 3.73. The summed E-state index contributed by atoms with van der Waals surface area (Å²) in [5, 5.41) is 6.71. The first-order chi connectivity index (χ1) is 17.2. The Labute approximate surface area is 206 Å². The Morgan fingerprint density at radius 1 is 1.17 bits per heavy atom. The van der Waals surface area contributed by atoms with Crippen LogP contribution in [0, 0.1) is 0 Å². The lowest BCUT2D eigenvalue weighted by Gasteiger charge is -2.36. The van der Waals surface area contributed by atoms with Crippen molar-refractivity contribution in [2.45, 2.75) is 45.7 Å². The van der Waals surface area contributed by atoms with Crippen molar-refractivity contribution in [3.63, 3.8) is 0 Å². The van der Waals surface area contributed by atoms with E-state index in [1.807, 2.05) is 24.3 Å². The fourth-order valence-electron chi connectivity index (χ4n) is 4.38. The summed E-state index contributed by atoms with van der Waals surface area (Å²) in [6.07, 6.45) is 4.73. The molecule has 0 aliphatic carbocycles. The van der Waals surface area contributed by atoms with Crippen molar-refractivity contribution in [2.24, 2.45) is 0 Å². The minimum absolute atomic E-state index is 0.291. The molecule has 5 rings (SSSR count). The molecule has 9 heteroatoms. The molecule has 2 aliphatic heterocycles. The van der Waals surface area contributed by atoms with E-state index in [1.165, 1.54) is 5.56 Å². The topological polar surface area (TPSA) is 97.3 Å². The van der Waals surface area contributed by atoms with Gasteiger partial charge < -0.3 is 25.0 Å². The van der Waals surface area contributed by atoms with Crippen LogP contribution in [-0.4, -0.2) is 58.9 Å². The van der Waals surface area contributed by atoms with Gasteiger partial charge in [0, 0.05) is 42.2 Å². The van der Waals surface area contributed by atoms with E-state index in [9.17, 15) is 0 Å². The Hall–Kier alpha value is -3.30. The zero-order chi connectivity index (χ0) is 24.0. The first kappa shape index (κ1) is 23.4. The molecule has 35 heavy (non-hydrogen) atoms. The number of ether oxygens (including phenoxy) is 2. The van der Waals surface area contributed by atoms with Crippen molar-refractivity contribution in [1.82, 2.24) is 25.3 Å². The Bertz CT molecular complexity index is 1140. The lowest BCUT2D eigenvalue weighted by Crippen LogP contribution is -2.45. The van der Waals surface area contributed by atoms with E-state index >= 15 is 0 Å². The molecule has 2 aromatic heterocycles. The number of hydrogen-bond donors (Lipinski definition) is 2. The molecule has 9 nitrogen and oxygen atoms in total. The summed E-state index contributed by atoms with van der Waals surface area (Å²) in [5.41, 5.74) is 4.22. The van der Waals surface area contributed by atoms with Crippen molar-refractivity contribution < 1.29 is 9.47 Å². The molecule has 184 valence electrons. The normalized spacial score (nSPS) is 17.7. The fourth-order valence-corrected chi connectivity index (χ4v) is 4.38. The van der Waals surface area contributed by atoms with Crippen molar-refractivity contribution in [1.29, 1.82) is 0 Å². The summed E-state index contributed by atoms with van der Waals surface area (Å²) < 4.78 is 11.4. The predicted molar refractivity (Wildman–Crippen MR) is 136 cm³/mol. The molecule has 0 amide bonds. The second-order valence-electron chi connectivity index (χ2n) is 8.96. The maximum Gasteiger partial charge on any atom is 0.230 e. The highest BCUT2D eigenvalue weighted by Crippen LogP contribution is 2.30. The van der Waals surface area contributed by atoms with E-state index in [2.05, 4.69) is 39.3 Å². The third kappa shape index (κ3) is 5.52. The highest BCUT2D eigenvalue weighted by Gasteiger charge is 2.27. The zero-order valence-electron chi connectivity index (χ0n) is 20.5. The van der Waals surface area contributed by atoms with Gasteiger partial charge in [-0.15, -0.1) is 0 Å². The van der Waals surface area contributed by atoms with Gasteiger partial charge in [-0.25, -0.2) is 15.0 Å². The van der Waals surface area contributed by atoms with E-state index in [1.54, 1.807) is 12.3 Å². The summed E-state index contributed by atoms with van der Waals surface area (Å²) >= 11 is 0. The number of unbranched alkanes of at least 4 members (excludes halogenated alkanes) is 1. The van der Waals surface area contributed by atoms with Gasteiger partial charge in [-0.2, -0.15) is 4.98 Å². The first-order valence-electron chi connectivity index (χ1n) is 12.5. The van der Waals surface area contributed by atoms with Crippen LogP contribution in [0.3, 0.4) is 0 Å². The van der Waals surface area contributed by atoms with Crippen LogP contribution in [0.2, 0.25) is 0 Å². The molecule has 4 heterocycles. The van der Waals surface area contributed by atoms with Gasteiger partial charge >= 0.3 is 0 Å². The van der Waals surface area contributed by atoms with Gasteiger partial charge in [-0.05, 0) is 50.6 Å². The van der Waals surface area contributed by atoms with E-state index < -0.39 is 0 Å². The molecule has 1 fully saturated rings. The number of anilines is 3. The van der Waals surface area contributed by atoms with E-state index in [-0.39, 0.29) is 0 Å². The molecule has 0 bridgehead atoms. The number of nitrogens with one attached hydrogen (secondary N) is 2. The molecule has 1 atom stereocenters.